The van der Waals surface area contributed by atoms with Crippen LogP contribution in [0.5, 0.6) is 0 Å². The van der Waals surface area contributed by atoms with Gasteiger partial charge in [-0.25, -0.2) is 4.98 Å². The minimum absolute atomic E-state index is 0.335. The van der Waals surface area contributed by atoms with Gasteiger partial charge in [-0.1, -0.05) is 0 Å². The molecule has 1 aromatic heterocycles. The first-order valence-electron chi connectivity index (χ1n) is 5.88. The minimum Gasteiger partial charge on any atom is -0.396 e. The molecule has 0 bridgehead atoms. The summed E-state index contributed by atoms with van der Waals surface area (Å²) in [5.74, 6) is 0.875. The van der Waals surface area contributed by atoms with Crippen LogP contribution in [0.2, 0.25) is 0 Å². The lowest BCUT2D eigenvalue weighted by atomic mass is 10.2. The molecule has 4 nitrogen and oxygen atoms in total. The third-order valence-electron chi connectivity index (χ3n) is 2.95. The summed E-state index contributed by atoms with van der Waals surface area (Å²) in [6.07, 6.45) is 4.42. The number of hydrogen-bond donors (Lipinski definition) is 1. The maximum atomic E-state index is 5.93. The van der Waals surface area contributed by atoms with Crippen LogP contribution in [0, 0.1) is 0 Å². The van der Waals surface area contributed by atoms with Crippen LogP contribution in [-0.4, -0.2) is 30.8 Å². The normalized spacial score (nSPS) is 19.9. The van der Waals surface area contributed by atoms with Gasteiger partial charge in [0.05, 0.1) is 11.8 Å². The van der Waals surface area contributed by atoms with Crippen molar-refractivity contribution in [2.75, 3.05) is 30.3 Å². The van der Waals surface area contributed by atoms with Crippen molar-refractivity contribution >= 4 is 11.5 Å². The first-order chi connectivity index (χ1) is 7.81. The zero-order valence-electron chi connectivity index (χ0n) is 9.72. The minimum atomic E-state index is 0.335. The van der Waals surface area contributed by atoms with Crippen molar-refractivity contribution in [2.24, 2.45) is 0 Å². The Morgan fingerprint density at radius 3 is 3.12 bits per heavy atom. The van der Waals surface area contributed by atoms with E-state index in [9.17, 15) is 0 Å². The van der Waals surface area contributed by atoms with Crippen molar-refractivity contribution in [1.29, 1.82) is 0 Å². The summed E-state index contributed by atoms with van der Waals surface area (Å²) in [4.78, 5) is 6.52. The molecule has 1 unspecified atom stereocenters. The number of aromatic nitrogens is 1. The molecular formula is C12H19N3O. The molecule has 0 amide bonds. The molecule has 1 fully saturated rings. The molecule has 0 spiro atoms. The molecule has 2 rings (SSSR count). The summed E-state index contributed by atoms with van der Waals surface area (Å²) in [7, 11) is 0. The number of rotatable bonds is 4. The highest BCUT2D eigenvalue weighted by Gasteiger charge is 2.20. The van der Waals surface area contributed by atoms with Crippen LogP contribution < -0.4 is 10.6 Å². The fourth-order valence-electron chi connectivity index (χ4n) is 2.07. The quantitative estimate of drug-likeness (QED) is 0.840. The molecule has 0 radical (unpaired) electrons. The van der Waals surface area contributed by atoms with Gasteiger partial charge in [0.2, 0.25) is 0 Å². The van der Waals surface area contributed by atoms with Crippen LogP contribution in [0.3, 0.4) is 0 Å². The molecule has 0 aromatic carbocycles. The lowest BCUT2D eigenvalue weighted by Gasteiger charge is -2.25. The molecule has 0 saturated carbocycles. The third-order valence-corrected chi connectivity index (χ3v) is 2.95. The summed E-state index contributed by atoms with van der Waals surface area (Å²) in [5.41, 5.74) is 6.66. The van der Waals surface area contributed by atoms with Crippen molar-refractivity contribution in [1.82, 2.24) is 4.98 Å². The maximum absolute atomic E-state index is 5.93. The molecule has 0 aliphatic carbocycles. The summed E-state index contributed by atoms with van der Waals surface area (Å²) in [6, 6.07) is 3.75. The Morgan fingerprint density at radius 1 is 1.62 bits per heavy atom. The Morgan fingerprint density at radius 2 is 2.50 bits per heavy atom. The van der Waals surface area contributed by atoms with E-state index >= 15 is 0 Å². The number of nitrogens with two attached hydrogens (primary N) is 1. The predicted molar refractivity (Wildman–Crippen MR) is 65.5 cm³/mol. The van der Waals surface area contributed by atoms with Crippen LogP contribution in [0.15, 0.2) is 18.3 Å². The first-order valence-corrected chi connectivity index (χ1v) is 5.88. The van der Waals surface area contributed by atoms with E-state index in [-0.39, 0.29) is 0 Å². The van der Waals surface area contributed by atoms with Crippen LogP contribution in [0.1, 0.15) is 19.8 Å². The second-order valence-electron chi connectivity index (χ2n) is 4.09. The van der Waals surface area contributed by atoms with E-state index in [0.29, 0.717) is 6.10 Å². The standard InChI is InChI=1S/C12H19N3O/c1-2-15(9-10-5-4-8-16-10)12-11(13)6-3-7-14-12/h3,6-7,10H,2,4-5,8-9,13H2,1H3. The van der Waals surface area contributed by atoms with Gasteiger partial charge in [-0.05, 0) is 31.9 Å². The number of anilines is 2. The fourth-order valence-corrected chi connectivity index (χ4v) is 2.07. The Hall–Kier alpha value is -1.29. The summed E-state index contributed by atoms with van der Waals surface area (Å²) < 4.78 is 5.64. The van der Waals surface area contributed by atoms with E-state index < -0.39 is 0 Å². The van der Waals surface area contributed by atoms with Crippen molar-refractivity contribution in [3.05, 3.63) is 18.3 Å². The number of likely N-dealkylation sites (N-methyl/N-ethyl adjacent to an activating group) is 1. The number of hydrogen-bond acceptors (Lipinski definition) is 4. The zero-order chi connectivity index (χ0) is 11.4. The highest BCUT2D eigenvalue weighted by atomic mass is 16.5. The van der Waals surface area contributed by atoms with Crippen LogP contribution in [0.4, 0.5) is 11.5 Å². The summed E-state index contributed by atoms with van der Waals surface area (Å²) in [6.45, 7) is 4.79. The third kappa shape index (κ3) is 2.44. The van der Waals surface area contributed by atoms with Crippen molar-refractivity contribution in [3.8, 4) is 0 Å². The highest BCUT2D eigenvalue weighted by Crippen LogP contribution is 2.21. The van der Waals surface area contributed by atoms with Gasteiger partial charge in [-0.2, -0.15) is 0 Å². The van der Waals surface area contributed by atoms with Crippen molar-refractivity contribution in [3.63, 3.8) is 0 Å². The van der Waals surface area contributed by atoms with Gasteiger partial charge in [-0.3, -0.25) is 0 Å². The van der Waals surface area contributed by atoms with Crippen molar-refractivity contribution in [2.45, 2.75) is 25.9 Å². The van der Waals surface area contributed by atoms with Gasteiger partial charge in [-0.15, -0.1) is 0 Å². The second kappa shape index (κ2) is 5.16. The van der Waals surface area contributed by atoms with Crippen LogP contribution in [0.25, 0.3) is 0 Å². The van der Waals surface area contributed by atoms with Gasteiger partial charge in [0.1, 0.15) is 0 Å². The maximum Gasteiger partial charge on any atom is 0.151 e. The second-order valence-corrected chi connectivity index (χ2v) is 4.09. The van der Waals surface area contributed by atoms with Gasteiger partial charge in [0.15, 0.2) is 5.82 Å². The number of nitrogen functional groups attached to an aromatic ring is 1. The van der Waals surface area contributed by atoms with E-state index in [1.807, 2.05) is 12.1 Å². The fraction of sp³-hybridized carbons (Fsp3) is 0.583. The summed E-state index contributed by atoms with van der Waals surface area (Å²) >= 11 is 0. The van der Waals surface area contributed by atoms with Gasteiger partial charge in [0.25, 0.3) is 0 Å². The number of pyridine rings is 1. The van der Waals surface area contributed by atoms with Gasteiger partial charge in [0, 0.05) is 25.9 Å². The zero-order valence-corrected chi connectivity index (χ0v) is 9.72. The smallest absolute Gasteiger partial charge is 0.151 e. The molecule has 1 atom stereocenters. The van der Waals surface area contributed by atoms with E-state index in [1.165, 1.54) is 6.42 Å². The molecule has 1 aliphatic rings. The molecule has 1 aromatic rings. The van der Waals surface area contributed by atoms with E-state index in [1.54, 1.807) is 6.20 Å². The van der Waals surface area contributed by atoms with E-state index in [0.717, 1.165) is 37.6 Å². The molecule has 88 valence electrons. The molecule has 1 saturated heterocycles. The molecule has 16 heavy (non-hydrogen) atoms. The first kappa shape index (κ1) is 11.2. The Kier molecular flexibility index (Phi) is 3.62. The molecule has 1 aliphatic heterocycles. The molecular weight excluding hydrogens is 202 g/mol. The topological polar surface area (TPSA) is 51.4 Å². The summed E-state index contributed by atoms with van der Waals surface area (Å²) in [5, 5.41) is 0. The van der Waals surface area contributed by atoms with Crippen LogP contribution in [-0.2, 0) is 4.74 Å². The average Bonchev–Trinajstić information content (AvgIpc) is 2.80. The molecule has 2 heterocycles. The Balaban J connectivity index is 2.06. The van der Waals surface area contributed by atoms with E-state index in [2.05, 4.69) is 16.8 Å². The van der Waals surface area contributed by atoms with E-state index in [4.69, 9.17) is 10.5 Å². The molecule has 4 heteroatoms. The monoisotopic (exact) mass is 221 g/mol. The Labute approximate surface area is 96.4 Å². The lowest BCUT2D eigenvalue weighted by molar-refractivity contribution is 0.115. The average molecular weight is 221 g/mol. The van der Waals surface area contributed by atoms with Crippen LogP contribution >= 0.6 is 0 Å². The van der Waals surface area contributed by atoms with Gasteiger partial charge >= 0.3 is 0 Å². The predicted octanol–water partition coefficient (Wildman–Crippen LogP) is 1.67. The largest absolute Gasteiger partial charge is 0.396 e. The highest BCUT2D eigenvalue weighted by molar-refractivity contribution is 5.62. The number of ether oxygens (including phenoxy) is 1. The van der Waals surface area contributed by atoms with Gasteiger partial charge < -0.3 is 15.4 Å². The van der Waals surface area contributed by atoms with Crippen molar-refractivity contribution < 1.29 is 4.74 Å². The Bertz CT molecular complexity index is 337. The lowest BCUT2D eigenvalue weighted by Crippen LogP contribution is -2.33. The SMILES string of the molecule is CCN(CC1CCCO1)c1ncccc1N. The number of nitrogens with zero attached hydrogens (tertiary/aromatic N) is 2. The molecule has 2 N–H and O–H groups in total.